The van der Waals surface area contributed by atoms with Crippen molar-refractivity contribution in [3.63, 3.8) is 0 Å². The standard InChI is InChI=1S/C18H18BrN3O2S/c1-21(11-15-4-3-9-24-15)17(23)12-25-18-20-10-16(22(18)2)13-5-7-14(19)8-6-13/h3-10H,11-12H2,1-2H3. The number of aromatic nitrogens is 2. The van der Waals surface area contributed by atoms with E-state index in [1.54, 1.807) is 18.2 Å². The summed E-state index contributed by atoms with van der Waals surface area (Å²) >= 11 is 4.88. The molecule has 130 valence electrons. The molecular formula is C18H18BrN3O2S. The highest BCUT2D eigenvalue weighted by Gasteiger charge is 2.14. The van der Waals surface area contributed by atoms with Gasteiger partial charge in [-0.15, -0.1) is 0 Å². The van der Waals surface area contributed by atoms with Crippen LogP contribution in [0.4, 0.5) is 0 Å². The summed E-state index contributed by atoms with van der Waals surface area (Å²) in [6.45, 7) is 0.469. The Bertz CT molecular complexity index is 844. The first-order valence-corrected chi connectivity index (χ1v) is 9.49. The summed E-state index contributed by atoms with van der Waals surface area (Å²) < 4.78 is 8.32. The van der Waals surface area contributed by atoms with Gasteiger partial charge in [0.25, 0.3) is 0 Å². The second-order valence-corrected chi connectivity index (χ2v) is 7.47. The van der Waals surface area contributed by atoms with Crippen LogP contribution in [0.3, 0.4) is 0 Å². The molecular weight excluding hydrogens is 402 g/mol. The minimum Gasteiger partial charge on any atom is -0.467 e. The van der Waals surface area contributed by atoms with E-state index in [4.69, 9.17) is 4.42 Å². The molecule has 3 rings (SSSR count). The summed E-state index contributed by atoms with van der Waals surface area (Å²) in [5, 5.41) is 0.817. The first kappa shape index (κ1) is 17.8. The Labute approximate surface area is 159 Å². The summed E-state index contributed by atoms with van der Waals surface area (Å²) in [6, 6.07) is 11.8. The van der Waals surface area contributed by atoms with Gasteiger partial charge >= 0.3 is 0 Å². The van der Waals surface area contributed by atoms with Gasteiger partial charge < -0.3 is 13.9 Å². The van der Waals surface area contributed by atoms with Crippen molar-refractivity contribution in [2.24, 2.45) is 7.05 Å². The van der Waals surface area contributed by atoms with Gasteiger partial charge in [-0.05, 0) is 29.8 Å². The quantitative estimate of drug-likeness (QED) is 0.561. The molecule has 1 amide bonds. The average Bonchev–Trinajstić information content (AvgIpc) is 3.23. The molecule has 3 aromatic rings. The fourth-order valence-corrected chi connectivity index (χ4v) is 3.53. The van der Waals surface area contributed by atoms with Crippen molar-refractivity contribution < 1.29 is 9.21 Å². The van der Waals surface area contributed by atoms with Gasteiger partial charge in [-0.2, -0.15) is 0 Å². The molecule has 0 atom stereocenters. The van der Waals surface area contributed by atoms with E-state index in [2.05, 4.69) is 20.9 Å². The summed E-state index contributed by atoms with van der Waals surface area (Å²) in [4.78, 5) is 18.4. The van der Waals surface area contributed by atoms with Gasteiger partial charge in [-0.1, -0.05) is 39.8 Å². The van der Waals surface area contributed by atoms with Gasteiger partial charge in [-0.25, -0.2) is 4.98 Å². The largest absolute Gasteiger partial charge is 0.467 e. The molecule has 0 saturated carbocycles. The van der Waals surface area contributed by atoms with Crippen LogP contribution in [0.25, 0.3) is 11.3 Å². The van der Waals surface area contributed by atoms with Gasteiger partial charge in [-0.3, -0.25) is 4.79 Å². The lowest BCUT2D eigenvalue weighted by Crippen LogP contribution is -2.27. The van der Waals surface area contributed by atoms with E-state index >= 15 is 0 Å². The molecule has 0 aliphatic heterocycles. The van der Waals surface area contributed by atoms with Crippen LogP contribution in [-0.2, 0) is 18.4 Å². The van der Waals surface area contributed by atoms with Crippen LogP contribution >= 0.6 is 27.7 Å². The van der Waals surface area contributed by atoms with Crippen molar-refractivity contribution in [1.82, 2.24) is 14.5 Å². The highest BCUT2D eigenvalue weighted by atomic mass is 79.9. The Balaban J connectivity index is 1.62. The molecule has 25 heavy (non-hydrogen) atoms. The van der Waals surface area contributed by atoms with Crippen molar-refractivity contribution in [2.75, 3.05) is 12.8 Å². The Kier molecular flexibility index (Phi) is 5.65. The lowest BCUT2D eigenvalue weighted by Gasteiger charge is -2.15. The normalized spacial score (nSPS) is 10.8. The van der Waals surface area contributed by atoms with Crippen LogP contribution in [0, 0.1) is 0 Å². The minimum atomic E-state index is 0.0367. The topological polar surface area (TPSA) is 51.3 Å². The van der Waals surface area contributed by atoms with Crippen molar-refractivity contribution >= 4 is 33.6 Å². The number of carbonyl (C=O) groups is 1. The predicted molar refractivity (Wildman–Crippen MR) is 102 cm³/mol. The van der Waals surface area contributed by atoms with E-state index in [-0.39, 0.29) is 5.91 Å². The molecule has 2 heterocycles. The molecule has 0 spiro atoms. The SMILES string of the molecule is CN(Cc1ccco1)C(=O)CSc1ncc(-c2ccc(Br)cc2)n1C. The molecule has 0 bridgehead atoms. The van der Waals surface area contributed by atoms with Gasteiger partial charge in [0.05, 0.1) is 30.5 Å². The Morgan fingerprint density at radius 2 is 2.08 bits per heavy atom. The van der Waals surface area contributed by atoms with E-state index in [9.17, 15) is 4.79 Å². The van der Waals surface area contributed by atoms with Crippen molar-refractivity contribution in [3.8, 4) is 11.3 Å². The highest BCUT2D eigenvalue weighted by Crippen LogP contribution is 2.26. The molecule has 5 nitrogen and oxygen atoms in total. The van der Waals surface area contributed by atoms with E-state index in [1.165, 1.54) is 11.8 Å². The molecule has 0 fully saturated rings. The van der Waals surface area contributed by atoms with Crippen LogP contribution in [0.5, 0.6) is 0 Å². The van der Waals surface area contributed by atoms with Crippen LogP contribution in [0.2, 0.25) is 0 Å². The third-order valence-corrected chi connectivity index (χ3v) is 5.37. The summed E-state index contributed by atoms with van der Waals surface area (Å²) in [5.74, 6) is 1.15. The van der Waals surface area contributed by atoms with Crippen molar-refractivity contribution in [1.29, 1.82) is 0 Å². The number of hydrogen-bond donors (Lipinski definition) is 0. The number of amides is 1. The molecule has 0 aliphatic rings. The number of carbonyl (C=O) groups excluding carboxylic acids is 1. The van der Waals surface area contributed by atoms with Crippen LogP contribution in [0.1, 0.15) is 5.76 Å². The molecule has 0 aliphatic carbocycles. The Morgan fingerprint density at radius 3 is 2.76 bits per heavy atom. The monoisotopic (exact) mass is 419 g/mol. The van der Waals surface area contributed by atoms with Gasteiger partial charge in [0, 0.05) is 18.6 Å². The van der Waals surface area contributed by atoms with Crippen molar-refractivity contribution in [2.45, 2.75) is 11.7 Å². The molecule has 0 unspecified atom stereocenters. The number of imidazole rings is 1. The molecule has 0 saturated heterocycles. The average molecular weight is 420 g/mol. The van der Waals surface area contributed by atoms with Crippen molar-refractivity contribution in [3.05, 3.63) is 59.1 Å². The third-order valence-electron chi connectivity index (χ3n) is 3.81. The number of halogens is 1. The fourth-order valence-electron chi connectivity index (χ4n) is 2.38. The molecule has 2 aromatic heterocycles. The zero-order chi connectivity index (χ0) is 17.8. The third kappa shape index (κ3) is 4.35. The van der Waals surface area contributed by atoms with E-state index < -0.39 is 0 Å². The second kappa shape index (κ2) is 7.93. The summed E-state index contributed by atoms with van der Waals surface area (Å²) in [7, 11) is 3.74. The van der Waals surface area contributed by atoms with Crippen LogP contribution < -0.4 is 0 Å². The second-order valence-electron chi connectivity index (χ2n) is 5.61. The first-order valence-electron chi connectivity index (χ1n) is 7.71. The van der Waals surface area contributed by atoms with Gasteiger partial charge in [0.15, 0.2) is 5.16 Å². The Morgan fingerprint density at radius 1 is 1.32 bits per heavy atom. The summed E-state index contributed by atoms with van der Waals surface area (Å²) in [5.41, 5.74) is 2.11. The number of thioether (sulfide) groups is 1. The zero-order valence-electron chi connectivity index (χ0n) is 14.0. The van der Waals surface area contributed by atoms with E-state index in [1.807, 2.05) is 54.2 Å². The minimum absolute atomic E-state index is 0.0367. The van der Waals surface area contributed by atoms with Crippen LogP contribution in [-0.4, -0.2) is 33.2 Å². The van der Waals surface area contributed by atoms with Gasteiger partial charge in [0.2, 0.25) is 5.91 Å². The Hall–Kier alpha value is -1.99. The van der Waals surface area contributed by atoms with Gasteiger partial charge in [0.1, 0.15) is 5.76 Å². The highest BCUT2D eigenvalue weighted by molar-refractivity contribution is 9.10. The summed E-state index contributed by atoms with van der Waals surface area (Å²) in [6.07, 6.45) is 3.45. The maximum absolute atomic E-state index is 12.3. The van der Waals surface area contributed by atoms with E-state index in [0.29, 0.717) is 12.3 Å². The maximum Gasteiger partial charge on any atom is 0.233 e. The molecule has 1 aromatic carbocycles. The first-order chi connectivity index (χ1) is 12.0. The maximum atomic E-state index is 12.3. The number of nitrogens with zero attached hydrogens (tertiary/aromatic N) is 3. The molecule has 0 N–H and O–H groups in total. The number of rotatable bonds is 6. The zero-order valence-corrected chi connectivity index (χ0v) is 16.4. The molecule has 0 radical (unpaired) electrons. The predicted octanol–water partition coefficient (Wildman–Crippen LogP) is 4.19. The number of hydrogen-bond acceptors (Lipinski definition) is 4. The number of benzene rings is 1. The lowest BCUT2D eigenvalue weighted by molar-refractivity contribution is -0.127. The lowest BCUT2D eigenvalue weighted by atomic mass is 10.2. The number of furan rings is 1. The smallest absolute Gasteiger partial charge is 0.233 e. The fraction of sp³-hybridized carbons (Fsp3) is 0.222. The molecule has 7 heteroatoms. The van der Waals surface area contributed by atoms with E-state index in [0.717, 1.165) is 26.6 Å². The van der Waals surface area contributed by atoms with Crippen LogP contribution in [0.15, 0.2) is 62.9 Å².